The first-order valence-electron chi connectivity index (χ1n) is 14.9. The summed E-state index contributed by atoms with van der Waals surface area (Å²) in [5, 5.41) is 3.02. The molecule has 0 atom stereocenters. The largest absolute Gasteiger partial charge is 0.496 e. The van der Waals surface area contributed by atoms with Gasteiger partial charge in [0.15, 0.2) is 0 Å². The minimum atomic E-state index is -0.511. The predicted molar refractivity (Wildman–Crippen MR) is 177 cm³/mol. The molecule has 0 aliphatic carbocycles. The number of hydrogen-bond acceptors (Lipinski definition) is 5. The number of anilines is 1. The number of amides is 1. The Morgan fingerprint density at radius 2 is 1.37 bits per heavy atom. The van der Waals surface area contributed by atoms with Gasteiger partial charge in [-0.15, -0.1) is 11.8 Å². The lowest BCUT2D eigenvalue weighted by Crippen LogP contribution is -2.39. The number of carbonyl (C=O) groups excluding carboxylic acids is 2. The van der Waals surface area contributed by atoms with E-state index < -0.39 is 10.7 Å². The van der Waals surface area contributed by atoms with Crippen LogP contribution in [-0.4, -0.2) is 36.6 Å². The topological polar surface area (TPSA) is 64.6 Å². The summed E-state index contributed by atoms with van der Waals surface area (Å²) in [5.41, 5.74) is 0.843. The van der Waals surface area contributed by atoms with Crippen molar-refractivity contribution in [2.45, 2.75) is 89.7 Å². The van der Waals surface area contributed by atoms with E-state index in [0.717, 1.165) is 70.0 Å². The van der Waals surface area contributed by atoms with Gasteiger partial charge in [-0.3, -0.25) is 4.79 Å². The Labute approximate surface area is 253 Å². The van der Waals surface area contributed by atoms with Crippen LogP contribution in [-0.2, 0) is 9.53 Å². The number of rotatable bonds is 21. The third-order valence-corrected chi connectivity index (χ3v) is 8.53. The smallest absolute Gasteiger partial charge is 0.341 e. The first-order valence-corrected chi connectivity index (χ1v) is 15.9. The van der Waals surface area contributed by atoms with Gasteiger partial charge in [0.1, 0.15) is 11.3 Å². The Bertz CT molecular complexity index is 1030. The van der Waals surface area contributed by atoms with Gasteiger partial charge in [-0.05, 0) is 88.2 Å². The molecule has 1 N–H and O–H groups in total. The van der Waals surface area contributed by atoms with Crippen LogP contribution in [0.1, 0.15) is 95.3 Å². The van der Waals surface area contributed by atoms with Gasteiger partial charge in [0.25, 0.3) is 0 Å². The van der Waals surface area contributed by atoms with E-state index in [-0.39, 0.29) is 11.5 Å². The zero-order valence-electron chi connectivity index (χ0n) is 25.8. The van der Waals surface area contributed by atoms with Gasteiger partial charge >= 0.3 is 5.97 Å². The van der Waals surface area contributed by atoms with E-state index >= 15 is 0 Å². The molecule has 0 saturated heterocycles. The van der Waals surface area contributed by atoms with E-state index in [9.17, 15) is 9.59 Å². The van der Waals surface area contributed by atoms with Gasteiger partial charge in [-0.2, -0.15) is 0 Å². The van der Waals surface area contributed by atoms with E-state index in [2.05, 4.69) is 86.8 Å². The third-order valence-electron chi connectivity index (χ3n) is 6.72. The van der Waals surface area contributed by atoms with Crippen molar-refractivity contribution < 1.29 is 19.1 Å². The van der Waals surface area contributed by atoms with Crippen molar-refractivity contribution in [3.63, 3.8) is 0 Å². The molecule has 1 aromatic carbocycles. The molecule has 1 aromatic rings. The van der Waals surface area contributed by atoms with E-state index in [4.69, 9.17) is 9.47 Å². The number of carbonyl (C=O) groups is 2. The standard InChI is InChI=1S/C35H51NO4S/c1-6-9-10-11-12-13-14-15-16-17-18-19-20-21-22-23-24-25-28-41-35(7-2,8-3)34(38)36-30-26-27-32(39-4)31(29-30)33(37)40-5/h9-10,12-13,15-16,18-19,21-22,26-27,29H,6-8,11,14,17,20,23-25,28H2,1-5H3,(H,36,38). The summed E-state index contributed by atoms with van der Waals surface area (Å²) in [6.45, 7) is 6.26. The highest BCUT2D eigenvalue weighted by Crippen LogP contribution is 2.35. The molecule has 0 spiro atoms. The Morgan fingerprint density at radius 3 is 1.88 bits per heavy atom. The fourth-order valence-electron chi connectivity index (χ4n) is 4.14. The van der Waals surface area contributed by atoms with E-state index in [1.165, 1.54) is 14.2 Å². The van der Waals surface area contributed by atoms with Crippen LogP contribution in [0.3, 0.4) is 0 Å². The average molecular weight is 582 g/mol. The molecule has 0 aliphatic rings. The molecule has 0 fully saturated rings. The quantitative estimate of drug-likeness (QED) is 0.0889. The van der Waals surface area contributed by atoms with Crippen LogP contribution in [0.15, 0.2) is 79.0 Å². The molecule has 1 amide bonds. The summed E-state index contributed by atoms with van der Waals surface area (Å²) in [6.07, 6.45) is 31.9. The molecule has 0 unspecified atom stereocenters. The molecule has 6 heteroatoms. The van der Waals surface area contributed by atoms with Crippen LogP contribution in [0, 0.1) is 0 Å². The second-order valence-electron chi connectivity index (χ2n) is 9.61. The van der Waals surface area contributed by atoms with Crippen molar-refractivity contribution >= 4 is 29.3 Å². The zero-order chi connectivity index (χ0) is 30.2. The molecule has 41 heavy (non-hydrogen) atoms. The van der Waals surface area contributed by atoms with Crippen LogP contribution in [0.5, 0.6) is 5.75 Å². The Morgan fingerprint density at radius 1 is 0.805 bits per heavy atom. The first-order chi connectivity index (χ1) is 20.0. The van der Waals surface area contributed by atoms with E-state index in [0.29, 0.717) is 11.4 Å². The second kappa shape index (κ2) is 22.7. The predicted octanol–water partition coefficient (Wildman–Crippen LogP) is 9.63. The SMILES string of the molecule is CCC=CCC=CCC=CCC=CCC=CCCCCSC(CC)(CC)C(=O)Nc1ccc(OC)c(C(=O)OC)c1. The summed E-state index contributed by atoms with van der Waals surface area (Å²) < 4.78 is 9.59. The lowest BCUT2D eigenvalue weighted by atomic mass is 10.0. The van der Waals surface area contributed by atoms with Crippen molar-refractivity contribution in [2.24, 2.45) is 0 Å². The van der Waals surface area contributed by atoms with Crippen molar-refractivity contribution in [2.75, 3.05) is 25.3 Å². The highest BCUT2D eigenvalue weighted by atomic mass is 32.2. The van der Waals surface area contributed by atoms with E-state index in [1.807, 2.05) is 0 Å². The second-order valence-corrected chi connectivity index (χ2v) is 11.1. The van der Waals surface area contributed by atoms with Gasteiger partial charge in [0, 0.05) is 5.69 Å². The number of methoxy groups -OCH3 is 2. The number of nitrogens with one attached hydrogen (secondary N) is 1. The normalized spacial score (nSPS) is 12.4. The zero-order valence-corrected chi connectivity index (χ0v) is 26.6. The summed E-state index contributed by atoms with van der Waals surface area (Å²) >= 11 is 1.73. The Kier molecular flexibility index (Phi) is 19.9. The van der Waals surface area contributed by atoms with Crippen LogP contribution in [0.25, 0.3) is 0 Å². The molecule has 0 saturated carbocycles. The van der Waals surface area contributed by atoms with Gasteiger partial charge in [-0.1, -0.05) is 81.5 Å². The van der Waals surface area contributed by atoms with E-state index in [1.54, 1.807) is 30.0 Å². The van der Waals surface area contributed by atoms with Crippen LogP contribution < -0.4 is 10.1 Å². The maximum absolute atomic E-state index is 13.3. The summed E-state index contributed by atoms with van der Waals surface area (Å²) in [4.78, 5) is 25.4. The monoisotopic (exact) mass is 581 g/mol. The number of esters is 1. The van der Waals surface area contributed by atoms with Crippen molar-refractivity contribution in [3.05, 3.63) is 84.5 Å². The Balaban J connectivity index is 2.37. The molecule has 226 valence electrons. The lowest BCUT2D eigenvalue weighted by molar-refractivity contribution is -0.118. The molecule has 0 aromatic heterocycles. The van der Waals surface area contributed by atoms with Crippen LogP contribution >= 0.6 is 11.8 Å². The van der Waals surface area contributed by atoms with Gasteiger partial charge in [0.05, 0.1) is 19.0 Å². The van der Waals surface area contributed by atoms with Crippen molar-refractivity contribution in [1.82, 2.24) is 0 Å². The highest BCUT2D eigenvalue weighted by molar-refractivity contribution is 8.01. The number of allylic oxidation sites excluding steroid dienone is 10. The number of unbranched alkanes of at least 4 members (excludes halogenated alkanes) is 2. The summed E-state index contributed by atoms with van der Waals surface area (Å²) in [7, 11) is 2.82. The fraction of sp³-hybridized carbons (Fsp3) is 0.486. The van der Waals surface area contributed by atoms with Crippen molar-refractivity contribution in [3.8, 4) is 5.75 Å². The minimum Gasteiger partial charge on any atom is -0.496 e. The first kappa shape index (κ1) is 36.0. The van der Waals surface area contributed by atoms with Gasteiger partial charge < -0.3 is 14.8 Å². The van der Waals surface area contributed by atoms with Crippen molar-refractivity contribution in [1.29, 1.82) is 0 Å². The van der Waals surface area contributed by atoms with Crippen LogP contribution in [0.4, 0.5) is 5.69 Å². The third kappa shape index (κ3) is 14.5. The number of thioether (sulfide) groups is 1. The molecule has 0 radical (unpaired) electrons. The van der Waals surface area contributed by atoms with Gasteiger partial charge in [-0.25, -0.2) is 4.79 Å². The van der Waals surface area contributed by atoms with Gasteiger partial charge in [0.2, 0.25) is 5.91 Å². The fourth-order valence-corrected chi connectivity index (χ4v) is 5.47. The molecule has 0 heterocycles. The Hall–Kier alpha value is -2.99. The molecular formula is C35H51NO4S. The molecule has 0 bridgehead atoms. The summed E-state index contributed by atoms with van der Waals surface area (Å²) in [6, 6.07) is 5.02. The maximum Gasteiger partial charge on any atom is 0.341 e. The van der Waals surface area contributed by atoms with Crippen LogP contribution in [0.2, 0.25) is 0 Å². The lowest BCUT2D eigenvalue weighted by Gasteiger charge is -2.30. The number of benzene rings is 1. The molecule has 0 aliphatic heterocycles. The number of hydrogen-bond donors (Lipinski definition) is 1. The number of ether oxygens (including phenoxy) is 2. The average Bonchev–Trinajstić information content (AvgIpc) is 3.00. The maximum atomic E-state index is 13.3. The molecular weight excluding hydrogens is 530 g/mol. The molecule has 1 rings (SSSR count). The summed E-state index contributed by atoms with van der Waals surface area (Å²) in [5.74, 6) is 0.799. The highest BCUT2D eigenvalue weighted by Gasteiger charge is 2.35. The minimum absolute atomic E-state index is 0.0358. The molecule has 5 nitrogen and oxygen atoms in total.